The predicted octanol–water partition coefficient (Wildman–Crippen LogP) is 1.68. The highest BCUT2D eigenvalue weighted by molar-refractivity contribution is 6.26. The average molecular weight is 484 g/mol. The van der Waals surface area contributed by atoms with Crippen molar-refractivity contribution in [3.8, 4) is 0 Å². The summed E-state index contributed by atoms with van der Waals surface area (Å²) in [7, 11) is 0. The topological polar surface area (TPSA) is 164 Å². The number of nitrogens with one attached hydrogen (secondary N) is 4. The molecule has 1 amide bonds. The van der Waals surface area contributed by atoms with Crippen molar-refractivity contribution in [3.63, 3.8) is 0 Å². The summed E-state index contributed by atoms with van der Waals surface area (Å²) in [5.41, 5.74) is 2.37. The molecule has 35 heavy (non-hydrogen) atoms. The van der Waals surface area contributed by atoms with Crippen LogP contribution in [0, 0.1) is 5.82 Å². The highest BCUT2D eigenvalue weighted by Gasteiger charge is 2.09. The molecule has 0 aliphatic carbocycles. The molecule has 1 aromatic heterocycles. The van der Waals surface area contributed by atoms with E-state index in [1.165, 1.54) is 0 Å². The Morgan fingerprint density at radius 3 is 2.60 bits per heavy atom. The summed E-state index contributed by atoms with van der Waals surface area (Å²) in [6.07, 6.45) is 1.06. The van der Waals surface area contributed by atoms with Gasteiger partial charge in [-0.05, 0) is 36.4 Å². The van der Waals surface area contributed by atoms with Gasteiger partial charge in [0, 0.05) is 30.2 Å². The molecule has 7 N–H and O–H groups in total. The Bertz CT molecular complexity index is 1160. The summed E-state index contributed by atoms with van der Waals surface area (Å²) in [5, 5.41) is 38.3. The van der Waals surface area contributed by atoms with E-state index in [9.17, 15) is 14.3 Å². The molecule has 0 fully saturated rings. The summed E-state index contributed by atoms with van der Waals surface area (Å²) in [4.78, 5) is 24.0. The van der Waals surface area contributed by atoms with Crippen molar-refractivity contribution in [1.82, 2.24) is 15.3 Å². The van der Waals surface area contributed by atoms with Gasteiger partial charge in [-0.25, -0.2) is 9.37 Å². The SMILES string of the molecule is O=C(C=Nc1cccc(Nc2ncc(F)c(Nc3cccc(NCCO)c3)n2)c1)NCC(O)CO. The van der Waals surface area contributed by atoms with Crippen molar-refractivity contribution in [2.75, 3.05) is 42.3 Å². The number of rotatable bonds is 12. The Morgan fingerprint density at radius 1 is 1.09 bits per heavy atom. The number of carbonyl (C=O) groups excluding carboxylic acids is 1. The number of aliphatic imine (C=N–C) groups is 1. The van der Waals surface area contributed by atoms with Crippen molar-refractivity contribution in [2.45, 2.75) is 6.10 Å². The molecular weight excluding hydrogens is 457 g/mol. The minimum absolute atomic E-state index is 0.0122. The Labute approximate surface area is 200 Å². The highest BCUT2D eigenvalue weighted by atomic mass is 19.1. The van der Waals surface area contributed by atoms with Gasteiger partial charge in [0.25, 0.3) is 5.91 Å². The van der Waals surface area contributed by atoms with Crippen LogP contribution in [0.4, 0.5) is 38.9 Å². The Morgan fingerprint density at radius 2 is 1.83 bits per heavy atom. The number of aliphatic hydroxyl groups is 3. The largest absolute Gasteiger partial charge is 0.395 e. The molecule has 2 aromatic carbocycles. The standard InChI is InChI=1S/C23H26FN7O4/c24-20-12-28-23(31-22(20)29-17-5-1-3-15(9-17)25-7-8-32)30-18-6-2-4-16(10-18)26-13-21(35)27-11-19(34)14-33/h1-6,9-10,12-13,19,25,32-34H,7-8,11,14H2,(H,27,35)(H2,28,29,30,31). The van der Waals surface area contributed by atoms with Crippen LogP contribution < -0.4 is 21.3 Å². The number of aliphatic hydroxyl groups excluding tert-OH is 3. The van der Waals surface area contributed by atoms with Crippen molar-refractivity contribution in [3.05, 3.63) is 60.5 Å². The van der Waals surface area contributed by atoms with Gasteiger partial charge in [0.2, 0.25) is 5.95 Å². The lowest BCUT2D eigenvalue weighted by atomic mass is 10.2. The lowest BCUT2D eigenvalue weighted by Crippen LogP contribution is -2.34. The monoisotopic (exact) mass is 483 g/mol. The first-order chi connectivity index (χ1) is 17.0. The molecule has 0 radical (unpaired) electrons. The molecule has 0 bridgehead atoms. The van der Waals surface area contributed by atoms with E-state index in [0.29, 0.717) is 23.6 Å². The first-order valence-electron chi connectivity index (χ1n) is 10.7. The molecule has 0 aliphatic rings. The van der Waals surface area contributed by atoms with Gasteiger partial charge >= 0.3 is 0 Å². The molecule has 1 heterocycles. The van der Waals surface area contributed by atoms with Crippen molar-refractivity contribution >= 4 is 46.6 Å². The lowest BCUT2D eigenvalue weighted by Gasteiger charge is -2.11. The first kappa shape index (κ1) is 25.5. The van der Waals surface area contributed by atoms with Gasteiger partial charge < -0.3 is 36.6 Å². The maximum Gasteiger partial charge on any atom is 0.262 e. The molecule has 3 rings (SSSR count). The van der Waals surface area contributed by atoms with E-state index in [-0.39, 0.29) is 24.9 Å². The van der Waals surface area contributed by atoms with Crippen LogP contribution in [-0.4, -0.2) is 69.8 Å². The maximum atomic E-state index is 14.3. The number of amides is 1. The fraction of sp³-hybridized carbons (Fsp3) is 0.217. The number of benzene rings is 2. The summed E-state index contributed by atoms with van der Waals surface area (Å²) < 4.78 is 14.3. The van der Waals surface area contributed by atoms with Crippen LogP contribution in [0.1, 0.15) is 0 Å². The normalized spacial score (nSPS) is 11.8. The number of halogens is 1. The number of nitrogens with zero attached hydrogens (tertiary/aromatic N) is 3. The smallest absolute Gasteiger partial charge is 0.262 e. The van der Waals surface area contributed by atoms with E-state index in [0.717, 1.165) is 18.1 Å². The molecule has 1 atom stereocenters. The van der Waals surface area contributed by atoms with Gasteiger partial charge in [-0.2, -0.15) is 4.98 Å². The van der Waals surface area contributed by atoms with Crippen LogP contribution in [0.25, 0.3) is 0 Å². The molecule has 1 unspecified atom stereocenters. The first-order valence-corrected chi connectivity index (χ1v) is 10.7. The van der Waals surface area contributed by atoms with Gasteiger partial charge in [0.15, 0.2) is 11.6 Å². The molecule has 0 aliphatic heterocycles. The quantitative estimate of drug-likeness (QED) is 0.190. The third-order valence-corrected chi connectivity index (χ3v) is 4.47. The molecule has 0 saturated carbocycles. The second-order valence-corrected chi connectivity index (χ2v) is 7.26. The fourth-order valence-electron chi connectivity index (χ4n) is 2.81. The molecule has 3 aromatic rings. The van der Waals surface area contributed by atoms with Crippen molar-refractivity contribution in [2.24, 2.45) is 4.99 Å². The van der Waals surface area contributed by atoms with Crippen LogP contribution in [0.2, 0.25) is 0 Å². The molecule has 11 nitrogen and oxygen atoms in total. The van der Waals surface area contributed by atoms with Crippen molar-refractivity contribution < 1.29 is 24.5 Å². The van der Waals surface area contributed by atoms with E-state index in [2.05, 4.69) is 36.2 Å². The summed E-state index contributed by atoms with van der Waals surface area (Å²) in [5.74, 6) is -1.05. The van der Waals surface area contributed by atoms with E-state index in [1.807, 2.05) is 6.07 Å². The van der Waals surface area contributed by atoms with Gasteiger partial charge in [-0.3, -0.25) is 9.79 Å². The third kappa shape index (κ3) is 8.30. The van der Waals surface area contributed by atoms with Crippen LogP contribution in [0.5, 0.6) is 0 Å². The number of anilines is 5. The molecule has 0 saturated heterocycles. The fourth-order valence-corrected chi connectivity index (χ4v) is 2.81. The molecule has 0 spiro atoms. The number of hydrogen-bond acceptors (Lipinski definition) is 10. The minimum Gasteiger partial charge on any atom is -0.395 e. The maximum absolute atomic E-state index is 14.3. The Kier molecular flexibility index (Phi) is 9.42. The zero-order valence-electron chi connectivity index (χ0n) is 18.6. The van der Waals surface area contributed by atoms with Crippen LogP contribution in [-0.2, 0) is 4.79 Å². The summed E-state index contributed by atoms with van der Waals surface area (Å²) in [6.45, 7) is -0.172. The number of aromatic nitrogens is 2. The zero-order chi connectivity index (χ0) is 25.0. The Balaban J connectivity index is 1.66. The van der Waals surface area contributed by atoms with Gasteiger partial charge in [0.1, 0.15) is 0 Å². The summed E-state index contributed by atoms with van der Waals surface area (Å²) >= 11 is 0. The predicted molar refractivity (Wildman–Crippen MR) is 131 cm³/mol. The minimum atomic E-state index is -1.04. The van der Waals surface area contributed by atoms with Gasteiger partial charge in [-0.15, -0.1) is 0 Å². The second-order valence-electron chi connectivity index (χ2n) is 7.26. The van der Waals surface area contributed by atoms with Crippen LogP contribution in [0.15, 0.2) is 59.7 Å². The van der Waals surface area contributed by atoms with Gasteiger partial charge in [-0.1, -0.05) is 12.1 Å². The van der Waals surface area contributed by atoms with E-state index in [4.69, 9.17) is 10.2 Å². The molecular formula is C23H26FN7O4. The number of hydrogen-bond donors (Lipinski definition) is 7. The molecule has 184 valence electrons. The second kappa shape index (κ2) is 12.9. The van der Waals surface area contributed by atoms with Crippen LogP contribution >= 0.6 is 0 Å². The lowest BCUT2D eigenvalue weighted by molar-refractivity contribution is -0.114. The Hall–Kier alpha value is -4.13. The van der Waals surface area contributed by atoms with E-state index in [1.54, 1.807) is 42.5 Å². The van der Waals surface area contributed by atoms with Gasteiger partial charge in [0.05, 0.1) is 37.4 Å². The van der Waals surface area contributed by atoms with Crippen LogP contribution in [0.3, 0.4) is 0 Å². The highest BCUT2D eigenvalue weighted by Crippen LogP contribution is 2.24. The summed E-state index contributed by atoms with van der Waals surface area (Å²) in [6, 6.07) is 13.9. The van der Waals surface area contributed by atoms with Crippen molar-refractivity contribution in [1.29, 1.82) is 0 Å². The average Bonchev–Trinajstić information content (AvgIpc) is 2.87. The molecule has 12 heteroatoms. The third-order valence-electron chi connectivity index (χ3n) is 4.47. The number of carbonyl (C=O) groups is 1. The van der Waals surface area contributed by atoms with E-state index >= 15 is 0 Å². The van der Waals surface area contributed by atoms with E-state index < -0.39 is 24.4 Å². The zero-order valence-corrected chi connectivity index (χ0v) is 18.6.